The van der Waals surface area contributed by atoms with Crippen molar-refractivity contribution in [2.24, 2.45) is 0 Å². The summed E-state index contributed by atoms with van der Waals surface area (Å²) >= 11 is 6.08. The predicted molar refractivity (Wildman–Crippen MR) is 125 cm³/mol. The fraction of sp³-hybridized carbons (Fsp3) is 0.417. The molecule has 5 rings (SSSR count). The van der Waals surface area contributed by atoms with Crippen molar-refractivity contribution in [1.82, 2.24) is 25.1 Å². The van der Waals surface area contributed by atoms with Gasteiger partial charge in [0.1, 0.15) is 0 Å². The fourth-order valence-electron chi connectivity index (χ4n) is 4.66. The van der Waals surface area contributed by atoms with Gasteiger partial charge in [0.15, 0.2) is 0 Å². The van der Waals surface area contributed by atoms with E-state index in [0.29, 0.717) is 24.0 Å². The number of rotatable bonds is 7. The Labute approximate surface area is 197 Å². The lowest BCUT2D eigenvalue weighted by Crippen LogP contribution is -2.43. The summed E-state index contributed by atoms with van der Waals surface area (Å²) in [5, 5.41) is 17.7. The smallest absolute Gasteiger partial charge is 0.254 e. The number of amides is 1. The highest BCUT2D eigenvalue weighted by Gasteiger charge is 2.32. The Balaban J connectivity index is 1.13. The highest BCUT2D eigenvalue weighted by molar-refractivity contribution is 6.30. The van der Waals surface area contributed by atoms with Crippen molar-refractivity contribution in [3.05, 3.63) is 70.8 Å². The summed E-state index contributed by atoms with van der Waals surface area (Å²) in [5.41, 5.74) is 2.67. The molecule has 1 aliphatic heterocycles. The minimum absolute atomic E-state index is 0.0967. The number of carbonyl (C=O) groups is 1. The van der Waals surface area contributed by atoms with Crippen molar-refractivity contribution in [1.29, 1.82) is 0 Å². The molecule has 1 saturated heterocycles. The molecule has 2 aliphatic rings. The van der Waals surface area contributed by atoms with Crippen LogP contribution in [0.2, 0.25) is 5.02 Å². The average molecular weight is 467 g/mol. The lowest BCUT2D eigenvalue weighted by Gasteiger charge is -2.36. The second-order valence-corrected chi connectivity index (χ2v) is 9.32. The Kier molecular flexibility index (Phi) is 6.28. The Morgan fingerprint density at radius 2 is 2.03 bits per heavy atom. The number of nitrogens with zero attached hydrogens (tertiary/aromatic N) is 5. The Bertz CT molecular complexity index is 1110. The van der Waals surface area contributed by atoms with E-state index in [0.717, 1.165) is 42.8 Å². The van der Waals surface area contributed by atoms with Crippen molar-refractivity contribution in [3.8, 4) is 0 Å². The van der Waals surface area contributed by atoms with Gasteiger partial charge in [-0.15, -0.1) is 0 Å². The highest BCUT2D eigenvalue weighted by Crippen LogP contribution is 2.37. The monoisotopic (exact) mass is 466 g/mol. The standard InChI is InChI=1S/C24H27ClN6O2/c25-20-4-1-3-17(7-20)18-8-21(9-18)29-23(33)19-12-28-30(14-19)13-16-10-26-24(27-11-16)31-6-2-5-22(31)15-32/h1,3-4,7,10-12,14,18,21-22,32H,2,5-6,8-9,13,15H2,(H,29,33)/t18-,21+,22-/m0/s1. The van der Waals surface area contributed by atoms with E-state index in [1.54, 1.807) is 29.5 Å². The molecule has 1 amide bonds. The summed E-state index contributed by atoms with van der Waals surface area (Å²) in [7, 11) is 0. The van der Waals surface area contributed by atoms with Crippen LogP contribution in [0.3, 0.4) is 0 Å². The van der Waals surface area contributed by atoms with Crippen LogP contribution in [-0.4, -0.2) is 56.0 Å². The number of aliphatic hydroxyl groups is 1. The maximum absolute atomic E-state index is 12.6. The second kappa shape index (κ2) is 9.49. The van der Waals surface area contributed by atoms with E-state index in [9.17, 15) is 9.90 Å². The molecule has 0 bridgehead atoms. The van der Waals surface area contributed by atoms with Crippen molar-refractivity contribution in [2.75, 3.05) is 18.1 Å². The van der Waals surface area contributed by atoms with Gasteiger partial charge in [0, 0.05) is 41.8 Å². The molecule has 1 saturated carbocycles. The van der Waals surface area contributed by atoms with E-state index < -0.39 is 0 Å². The zero-order valence-electron chi connectivity index (χ0n) is 18.3. The Morgan fingerprint density at radius 1 is 1.21 bits per heavy atom. The number of nitrogens with one attached hydrogen (secondary N) is 1. The molecule has 3 aromatic rings. The maximum Gasteiger partial charge on any atom is 0.254 e. The molecule has 0 unspecified atom stereocenters. The normalized spacial score (nSPS) is 22.2. The number of anilines is 1. The van der Waals surface area contributed by atoms with Gasteiger partial charge in [0.2, 0.25) is 5.95 Å². The zero-order valence-corrected chi connectivity index (χ0v) is 19.0. The second-order valence-electron chi connectivity index (χ2n) is 8.88. The SMILES string of the molecule is O=C(N[C@H]1C[C@@H](c2cccc(Cl)c2)C1)c1cnn(Cc2cnc(N3CCC[C@H]3CO)nc2)c1. The molecule has 33 heavy (non-hydrogen) atoms. The van der Waals surface area contributed by atoms with Crippen molar-refractivity contribution < 1.29 is 9.90 Å². The van der Waals surface area contributed by atoms with E-state index in [4.69, 9.17) is 11.6 Å². The first-order chi connectivity index (χ1) is 16.1. The third-order valence-electron chi connectivity index (χ3n) is 6.57. The van der Waals surface area contributed by atoms with Gasteiger partial charge in [-0.3, -0.25) is 9.48 Å². The van der Waals surface area contributed by atoms with Crippen LogP contribution < -0.4 is 10.2 Å². The molecule has 0 radical (unpaired) electrons. The summed E-state index contributed by atoms with van der Waals surface area (Å²) in [6.07, 6.45) is 10.7. The number of benzene rings is 1. The quantitative estimate of drug-likeness (QED) is 0.555. The molecule has 1 atom stereocenters. The van der Waals surface area contributed by atoms with Crippen LogP contribution in [0.25, 0.3) is 0 Å². The summed E-state index contributed by atoms with van der Waals surface area (Å²) in [4.78, 5) is 23.6. The number of aromatic nitrogens is 4. The molecule has 2 N–H and O–H groups in total. The van der Waals surface area contributed by atoms with Gasteiger partial charge < -0.3 is 15.3 Å². The first kappa shape index (κ1) is 21.9. The van der Waals surface area contributed by atoms with E-state index >= 15 is 0 Å². The van der Waals surface area contributed by atoms with Gasteiger partial charge >= 0.3 is 0 Å². The molecule has 2 fully saturated rings. The van der Waals surface area contributed by atoms with E-state index in [1.165, 1.54) is 5.56 Å². The minimum atomic E-state index is -0.105. The zero-order chi connectivity index (χ0) is 22.8. The molecule has 1 aliphatic carbocycles. The van der Waals surface area contributed by atoms with Crippen LogP contribution in [0.15, 0.2) is 49.1 Å². The molecular weight excluding hydrogens is 440 g/mol. The largest absolute Gasteiger partial charge is 0.394 e. The van der Waals surface area contributed by atoms with E-state index in [2.05, 4.69) is 31.3 Å². The predicted octanol–water partition coefficient (Wildman–Crippen LogP) is 3.01. The van der Waals surface area contributed by atoms with Gasteiger partial charge in [-0.05, 0) is 49.3 Å². The third kappa shape index (κ3) is 4.86. The van der Waals surface area contributed by atoms with E-state index in [1.807, 2.05) is 18.2 Å². The fourth-order valence-corrected chi connectivity index (χ4v) is 4.86. The van der Waals surface area contributed by atoms with Crippen molar-refractivity contribution >= 4 is 23.5 Å². The number of aliphatic hydroxyl groups excluding tert-OH is 1. The topological polar surface area (TPSA) is 96.2 Å². The van der Waals surface area contributed by atoms with Crippen LogP contribution in [0.1, 0.15) is 53.1 Å². The lowest BCUT2D eigenvalue weighted by atomic mass is 9.76. The Morgan fingerprint density at radius 3 is 2.79 bits per heavy atom. The van der Waals surface area contributed by atoms with E-state index in [-0.39, 0.29) is 24.6 Å². The summed E-state index contributed by atoms with van der Waals surface area (Å²) in [6, 6.07) is 8.19. The van der Waals surface area contributed by atoms with Gasteiger partial charge in [-0.1, -0.05) is 23.7 Å². The third-order valence-corrected chi connectivity index (χ3v) is 6.80. The summed E-state index contributed by atoms with van der Waals surface area (Å²) in [6.45, 7) is 1.46. The number of carbonyl (C=O) groups excluding carboxylic acids is 1. The van der Waals surface area contributed by atoms with Crippen LogP contribution in [0, 0.1) is 0 Å². The van der Waals surface area contributed by atoms with Crippen LogP contribution in [-0.2, 0) is 6.54 Å². The summed E-state index contributed by atoms with van der Waals surface area (Å²) < 4.78 is 1.72. The number of hydrogen-bond donors (Lipinski definition) is 2. The van der Waals surface area contributed by atoms with Crippen LogP contribution >= 0.6 is 11.6 Å². The van der Waals surface area contributed by atoms with Gasteiger partial charge in [0.05, 0.1) is 31.0 Å². The summed E-state index contributed by atoms with van der Waals surface area (Å²) in [5.74, 6) is 0.979. The van der Waals surface area contributed by atoms with Crippen molar-refractivity contribution in [2.45, 2.75) is 50.2 Å². The Hall–Kier alpha value is -2.97. The number of hydrogen-bond acceptors (Lipinski definition) is 6. The van der Waals surface area contributed by atoms with Gasteiger partial charge in [0.25, 0.3) is 5.91 Å². The van der Waals surface area contributed by atoms with Crippen LogP contribution in [0.4, 0.5) is 5.95 Å². The molecule has 3 heterocycles. The minimum Gasteiger partial charge on any atom is -0.394 e. The molecule has 2 aromatic heterocycles. The maximum atomic E-state index is 12.6. The van der Waals surface area contributed by atoms with Crippen molar-refractivity contribution in [3.63, 3.8) is 0 Å². The van der Waals surface area contributed by atoms with Crippen LogP contribution in [0.5, 0.6) is 0 Å². The molecule has 1 aromatic carbocycles. The molecular formula is C24H27ClN6O2. The first-order valence-electron chi connectivity index (χ1n) is 11.4. The molecule has 172 valence electrons. The number of halogens is 1. The lowest BCUT2D eigenvalue weighted by molar-refractivity contribution is 0.0909. The molecule has 8 nitrogen and oxygen atoms in total. The average Bonchev–Trinajstić information content (AvgIpc) is 3.46. The molecule has 0 spiro atoms. The first-order valence-corrected chi connectivity index (χ1v) is 11.7. The van der Waals surface area contributed by atoms with Gasteiger partial charge in [-0.2, -0.15) is 5.10 Å². The molecule has 9 heteroatoms. The van der Waals surface area contributed by atoms with Gasteiger partial charge in [-0.25, -0.2) is 9.97 Å². The highest BCUT2D eigenvalue weighted by atomic mass is 35.5.